The molecule has 1 fully saturated rings. The van der Waals surface area contributed by atoms with Crippen molar-refractivity contribution in [1.29, 1.82) is 0 Å². The minimum Gasteiger partial charge on any atom is -0.361 e. The zero-order valence-electron chi connectivity index (χ0n) is 18.4. The Kier molecular flexibility index (Phi) is 6.37. The molecule has 2 bridgehead atoms. The van der Waals surface area contributed by atoms with E-state index in [9.17, 15) is 9.59 Å². The molecule has 1 saturated carbocycles. The van der Waals surface area contributed by atoms with E-state index in [0.717, 1.165) is 46.6 Å². The summed E-state index contributed by atoms with van der Waals surface area (Å²) >= 11 is 9.93. The molecule has 31 heavy (non-hydrogen) atoms. The highest BCUT2D eigenvalue weighted by Gasteiger charge is 2.43. The van der Waals surface area contributed by atoms with E-state index in [1.165, 1.54) is 0 Å². The maximum atomic E-state index is 13.4. The number of hydrogen-bond acceptors (Lipinski definition) is 2. The van der Waals surface area contributed by atoms with Gasteiger partial charge in [-0.2, -0.15) is 0 Å². The summed E-state index contributed by atoms with van der Waals surface area (Å²) in [4.78, 5) is 30.7. The third kappa shape index (κ3) is 4.49. The van der Waals surface area contributed by atoms with Crippen LogP contribution < -0.4 is 0 Å². The van der Waals surface area contributed by atoms with Gasteiger partial charge < -0.3 is 14.7 Å². The third-order valence-corrected chi connectivity index (χ3v) is 8.39. The Morgan fingerprint density at radius 1 is 1.35 bits per heavy atom. The second kappa shape index (κ2) is 8.74. The zero-order chi connectivity index (χ0) is 22.3. The van der Waals surface area contributed by atoms with E-state index in [4.69, 9.17) is 11.6 Å². The Hall–Kier alpha value is -1.59. The quantitative estimate of drug-likeness (QED) is 0.476. The first-order valence-corrected chi connectivity index (χ1v) is 12.3. The number of fused-ring (bicyclic) bond motifs is 3. The van der Waals surface area contributed by atoms with Crippen molar-refractivity contribution < 1.29 is 9.59 Å². The van der Waals surface area contributed by atoms with Crippen LogP contribution >= 0.6 is 27.5 Å². The Morgan fingerprint density at radius 2 is 2.13 bits per heavy atom. The molecule has 0 spiro atoms. The van der Waals surface area contributed by atoms with Crippen LogP contribution in [0.3, 0.4) is 0 Å². The summed E-state index contributed by atoms with van der Waals surface area (Å²) in [6, 6.07) is 4.00. The molecule has 4 nitrogen and oxygen atoms in total. The second-order valence-electron chi connectivity index (χ2n) is 9.80. The molecule has 4 atom stereocenters. The number of hydrogen-bond donors (Lipinski definition) is 1. The molecule has 1 N–H and O–H groups in total. The number of nitrogens with one attached hydrogen (secondary N) is 1. The molecule has 0 radical (unpaired) electrons. The van der Waals surface area contributed by atoms with Crippen LogP contribution in [0.15, 0.2) is 35.1 Å². The molecule has 1 aromatic carbocycles. The van der Waals surface area contributed by atoms with Crippen molar-refractivity contribution in [2.45, 2.75) is 71.3 Å². The summed E-state index contributed by atoms with van der Waals surface area (Å²) in [5.74, 6) is 0.959. The summed E-state index contributed by atoms with van der Waals surface area (Å²) in [6.07, 6.45) is 11.0. The fraction of sp³-hybridized carbons (Fsp3) is 0.520. The van der Waals surface area contributed by atoms with Gasteiger partial charge in [-0.1, -0.05) is 31.5 Å². The summed E-state index contributed by atoms with van der Waals surface area (Å²) < 4.78 is 0.868. The predicted octanol–water partition coefficient (Wildman–Crippen LogP) is 6.98. The number of Topliss-reactive ketones (excluding diaryl/α,β-unsaturated/α-hetero) is 1. The lowest BCUT2D eigenvalue weighted by Crippen LogP contribution is -2.44. The van der Waals surface area contributed by atoms with Gasteiger partial charge in [-0.3, -0.25) is 4.79 Å². The number of aromatic amines is 1. The lowest BCUT2D eigenvalue weighted by atomic mass is 9.64. The third-order valence-electron chi connectivity index (χ3n) is 7.03. The highest BCUT2D eigenvalue weighted by Crippen LogP contribution is 2.48. The van der Waals surface area contributed by atoms with Crippen molar-refractivity contribution in [2.24, 2.45) is 11.3 Å². The van der Waals surface area contributed by atoms with Crippen molar-refractivity contribution in [2.75, 3.05) is 0 Å². The van der Waals surface area contributed by atoms with Crippen LogP contribution in [0.25, 0.3) is 10.9 Å². The molecular formula is C25H30BrClN2O2. The molecule has 1 aliphatic heterocycles. The van der Waals surface area contributed by atoms with E-state index in [1.54, 1.807) is 6.92 Å². The highest BCUT2D eigenvalue weighted by atomic mass is 79.9. The summed E-state index contributed by atoms with van der Waals surface area (Å²) in [7, 11) is 0. The molecule has 2 aliphatic rings. The average Bonchev–Trinajstić information content (AvgIpc) is 3.06. The van der Waals surface area contributed by atoms with Crippen molar-refractivity contribution >= 4 is 50.1 Å². The molecule has 6 heteroatoms. The van der Waals surface area contributed by atoms with Gasteiger partial charge in [-0.25, -0.2) is 0 Å². The van der Waals surface area contributed by atoms with Crippen LogP contribution in [0.4, 0.5) is 0 Å². The smallest absolute Gasteiger partial charge is 0.227 e. The topological polar surface area (TPSA) is 53.2 Å². The Morgan fingerprint density at radius 3 is 2.87 bits per heavy atom. The summed E-state index contributed by atoms with van der Waals surface area (Å²) in [5.41, 5.74) is 2.11. The fourth-order valence-electron chi connectivity index (χ4n) is 5.95. The average molecular weight is 506 g/mol. The number of carbonyl (C=O) groups excluding carboxylic acids is 2. The lowest BCUT2D eigenvalue weighted by Gasteiger charge is -2.44. The molecule has 1 aromatic heterocycles. The number of H-pyrrole nitrogens is 1. The van der Waals surface area contributed by atoms with E-state index >= 15 is 0 Å². The fourth-order valence-corrected chi connectivity index (χ4v) is 6.68. The van der Waals surface area contributed by atoms with E-state index in [2.05, 4.69) is 40.8 Å². The number of amides is 1. The number of benzene rings is 1. The number of ketones is 1. The first kappa shape index (κ1) is 22.6. The SMILES string of the molecule is CC(=O)CC12CC=CN(C(=O)CC(C)c3c[nH]c4ccc(Cl)c(Br)c34)C(CC(C)C1)C2. The maximum Gasteiger partial charge on any atom is 0.227 e. The Bertz CT molecular complexity index is 1050. The first-order chi connectivity index (χ1) is 14.7. The van der Waals surface area contributed by atoms with Crippen LogP contribution in [0.2, 0.25) is 5.02 Å². The molecule has 2 aromatic rings. The van der Waals surface area contributed by atoms with Crippen molar-refractivity contribution in [1.82, 2.24) is 9.88 Å². The number of rotatable bonds is 5. The largest absolute Gasteiger partial charge is 0.361 e. The van der Waals surface area contributed by atoms with Crippen molar-refractivity contribution in [3.05, 3.63) is 45.7 Å². The minimum atomic E-state index is 0.00374. The van der Waals surface area contributed by atoms with Crippen LogP contribution in [-0.4, -0.2) is 27.6 Å². The first-order valence-electron chi connectivity index (χ1n) is 11.1. The monoisotopic (exact) mass is 504 g/mol. The van der Waals surface area contributed by atoms with Gasteiger partial charge in [0.25, 0.3) is 0 Å². The van der Waals surface area contributed by atoms with Crippen LogP contribution in [0, 0.1) is 11.3 Å². The highest BCUT2D eigenvalue weighted by molar-refractivity contribution is 9.10. The normalized spacial score (nSPS) is 26.7. The lowest BCUT2D eigenvalue weighted by molar-refractivity contribution is -0.132. The molecule has 4 rings (SSSR count). The maximum absolute atomic E-state index is 13.4. The molecule has 0 saturated heterocycles. The van der Waals surface area contributed by atoms with Gasteiger partial charge in [0.1, 0.15) is 5.78 Å². The zero-order valence-corrected chi connectivity index (χ0v) is 20.7. The van der Waals surface area contributed by atoms with Crippen molar-refractivity contribution in [3.63, 3.8) is 0 Å². The van der Waals surface area contributed by atoms with Crippen LogP contribution in [0.1, 0.15) is 70.8 Å². The number of halogens is 2. The van der Waals surface area contributed by atoms with Gasteiger partial charge >= 0.3 is 0 Å². The molecular weight excluding hydrogens is 476 g/mol. The molecule has 4 unspecified atom stereocenters. The van der Waals surface area contributed by atoms with Gasteiger partial charge in [0, 0.05) is 46.7 Å². The number of carbonyl (C=O) groups is 2. The Balaban J connectivity index is 1.55. The van der Waals surface area contributed by atoms with E-state index in [1.807, 2.05) is 29.4 Å². The van der Waals surface area contributed by atoms with Crippen molar-refractivity contribution in [3.8, 4) is 0 Å². The van der Waals surface area contributed by atoms with Gasteiger partial charge in [-0.05, 0) is 83.5 Å². The number of nitrogens with zero attached hydrogens (tertiary/aromatic N) is 1. The molecule has 1 amide bonds. The predicted molar refractivity (Wildman–Crippen MR) is 129 cm³/mol. The Labute approximate surface area is 197 Å². The van der Waals surface area contributed by atoms with E-state index in [-0.39, 0.29) is 29.1 Å². The van der Waals surface area contributed by atoms with Gasteiger partial charge in [0.05, 0.1) is 5.02 Å². The molecule has 2 heterocycles. The standard InChI is InChI=1S/C25H30BrClN2O2/c1-15-9-18-13-25(11-15,12-17(3)30)7-4-8-29(18)22(31)10-16(2)19-14-28-21-6-5-20(27)24(26)23(19)21/h4-6,8,14-16,18,28H,7,9-13H2,1-3H3. The number of allylic oxidation sites excluding steroid dienone is 1. The minimum absolute atomic E-state index is 0.00374. The van der Waals surface area contributed by atoms with E-state index < -0.39 is 0 Å². The van der Waals surface area contributed by atoms with E-state index in [0.29, 0.717) is 23.8 Å². The second-order valence-corrected chi connectivity index (χ2v) is 11.0. The van der Waals surface area contributed by atoms with Crippen LogP contribution in [0.5, 0.6) is 0 Å². The summed E-state index contributed by atoms with van der Waals surface area (Å²) in [5, 5.41) is 1.71. The van der Waals surface area contributed by atoms with Crippen LogP contribution in [-0.2, 0) is 9.59 Å². The van der Waals surface area contributed by atoms with Gasteiger partial charge in [0.2, 0.25) is 5.91 Å². The van der Waals surface area contributed by atoms with Gasteiger partial charge in [-0.15, -0.1) is 0 Å². The molecule has 1 aliphatic carbocycles. The molecule has 166 valence electrons. The number of aromatic nitrogens is 1. The van der Waals surface area contributed by atoms with Gasteiger partial charge in [0.15, 0.2) is 0 Å². The summed E-state index contributed by atoms with van der Waals surface area (Å²) in [6.45, 7) is 6.04.